The summed E-state index contributed by atoms with van der Waals surface area (Å²) in [5.74, 6) is 1.12. The van der Waals surface area contributed by atoms with Gasteiger partial charge in [0.2, 0.25) is 5.91 Å². The fourth-order valence-corrected chi connectivity index (χ4v) is 2.28. The molecule has 0 atom stereocenters. The number of nitrogens with one attached hydrogen (secondary N) is 1. The van der Waals surface area contributed by atoms with E-state index in [2.05, 4.69) is 26.1 Å². The number of amides is 1. The van der Waals surface area contributed by atoms with Crippen LogP contribution in [0.5, 0.6) is 0 Å². The van der Waals surface area contributed by atoms with Gasteiger partial charge in [0, 0.05) is 19.1 Å². The topological polar surface area (TPSA) is 32.3 Å². The van der Waals surface area contributed by atoms with Crippen LogP contribution in [0.4, 0.5) is 0 Å². The van der Waals surface area contributed by atoms with Crippen molar-refractivity contribution >= 4 is 5.91 Å². The molecule has 0 unspecified atom stereocenters. The Morgan fingerprint density at radius 1 is 1.38 bits per heavy atom. The number of likely N-dealkylation sites (tertiary alicyclic amines) is 1. The molecule has 1 N–H and O–H groups in total. The molecule has 0 aromatic carbocycles. The average Bonchev–Trinajstić information content (AvgIpc) is 2.27. The van der Waals surface area contributed by atoms with Crippen molar-refractivity contribution in [3.05, 3.63) is 0 Å². The van der Waals surface area contributed by atoms with Crippen molar-refractivity contribution in [2.45, 2.75) is 52.5 Å². The number of hydrogen-bond donors (Lipinski definition) is 1. The maximum atomic E-state index is 11.8. The summed E-state index contributed by atoms with van der Waals surface area (Å²) >= 11 is 0. The lowest BCUT2D eigenvalue weighted by Crippen LogP contribution is -2.44. The van der Waals surface area contributed by atoms with Gasteiger partial charge in [-0.3, -0.25) is 4.79 Å². The molecule has 0 saturated carbocycles. The summed E-state index contributed by atoms with van der Waals surface area (Å²) in [6.07, 6.45) is 4.99. The number of nitrogens with zero attached hydrogens (tertiary/aromatic N) is 1. The van der Waals surface area contributed by atoms with Gasteiger partial charge in [-0.25, -0.2) is 0 Å². The standard InChI is InChI=1S/C13H26N2O/c1-4-5-12-6-8-15(9-7-12)13(16)10-14-11(2)3/h11-12,14H,4-10H2,1-3H3. The number of carbonyl (C=O) groups is 1. The highest BCUT2D eigenvalue weighted by Crippen LogP contribution is 2.21. The predicted octanol–water partition coefficient (Wildman–Crippen LogP) is 2.02. The first-order chi connectivity index (χ1) is 7.63. The normalized spacial score (nSPS) is 18.1. The molecular weight excluding hydrogens is 200 g/mol. The molecule has 0 bridgehead atoms. The van der Waals surface area contributed by atoms with Gasteiger partial charge in [-0.2, -0.15) is 0 Å². The van der Waals surface area contributed by atoms with Gasteiger partial charge in [0.05, 0.1) is 6.54 Å². The Labute approximate surface area is 99.6 Å². The van der Waals surface area contributed by atoms with Crippen LogP contribution >= 0.6 is 0 Å². The molecule has 94 valence electrons. The van der Waals surface area contributed by atoms with E-state index >= 15 is 0 Å². The van der Waals surface area contributed by atoms with Crippen molar-refractivity contribution in [1.29, 1.82) is 0 Å². The largest absolute Gasteiger partial charge is 0.342 e. The molecule has 1 heterocycles. The minimum Gasteiger partial charge on any atom is -0.342 e. The molecular formula is C13H26N2O. The highest BCUT2D eigenvalue weighted by Gasteiger charge is 2.21. The van der Waals surface area contributed by atoms with Crippen LogP contribution in [0.1, 0.15) is 46.5 Å². The van der Waals surface area contributed by atoms with Crippen LogP contribution in [0.3, 0.4) is 0 Å². The lowest BCUT2D eigenvalue weighted by atomic mass is 9.92. The zero-order chi connectivity index (χ0) is 12.0. The maximum absolute atomic E-state index is 11.8. The third kappa shape index (κ3) is 4.52. The monoisotopic (exact) mass is 226 g/mol. The summed E-state index contributed by atoms with van der Waals surface area (Å²) in [4.78, 5) is 13.8. The van der Waals surface area contributed by atoms with Crippen molar-refractivity contribution in [1.82, 2.24) is 10.2 Å². The second kappa shape index (κ2) is 6.89. The zero-order valence-corrected chi connectivity index (χ0v) is 11.0. The van der Waals surface area contributed by atoms with Gasteiger partial charge in [0.1, 0.15) is 0 Å². The Kier molecular flexibility index (Phi) is 5.81. The van der Waals surface area contributed by atoms with Crippen molar-refractivity contribution in [3.8, 4) is 0 Å². The number of carbonyl (C=O) groups excluding carboxylic acids is 1. The molecule has 1 fully saturated rings. The number of piperidine rings is 1. The van der Waals surface area contributed by atoms with Crippen LogP contribution in [0.15, 0.2) is 0 Å². The van der Waals surface area contributed by atoms with E-state index in [4.69, 9.17) is 0 Å². The van der Waals surface area contributed by atoms with Crippen LogP contribution < -0.4 is 5.32 Å². The number of rotatable bonds is 5. The van der Waals surface area contributed by atoms with Gasteiger partial charge in [-0.05, 0) is 18.8 Å². The third-order valence-corrected chi connectivity index (χ3v) is 3.33. The summed E-state index contributed by atoms with van der Waals surface area (Å²) in [5.41, 5.74) is 0. The quantitative estimate of drug-likeness (QED) is 0.778. The SMILES string of the molecule is CCCC1CCN(C(=O)CNC(C)C)CC1. The molecule has 3 nitrogen and oxygen atoms in total. The zero-order valence-electron chi connectivity index (χ0n) is 11.0. The van der Waals surface area contributed by atoms with E-state index in [0.29, 0.717) is 12.6 Å². The fourth-order valence-electron chi connectivity index (χ4n) is 2.28. The molecule has 0 aliphatic carbocycles. The summed E-state index contributed by atoms with van der Waals surface area (Å²) in [6.45, 7) is 8.80. The van der Waals surface area contributed by atoms with Gasteiger partial charge in [0.25, 0.3) is 0 Å². The van der Waals surface area contributed by atoms with Crippen molar-refractivity contribution in [2.24, 2.45) is 5.92 Å². The minimum atomic E-state index is 0.267. The molecule has 0 spiro atoms. The smallest absolute Gasteiger partial charge is 0.236 e. The summed E-state index contributed by atoms with van der Waals surface area (Å²) in [7, 11) is 0. The molecule has 1 aliphatic rings. The van der Waals surface area contributed by atoms with E-state index in [0.717, 1.165) is 19.0 Å². The third-order valence-electron chi connectivity index (χ3n) is 3.33. The summed E-state index contributed by atoms with van der Waals surface area (Å²) < 4.78 is 0. The van der Waals surface area contributed by atoms with Crippen LogP contribution in [0, 0.1) is 5.92 Å². The fraction of sp³-hybridized carbons (Fsp3) is 0.923. The lowest BCUT2D eigenvalue weighted by molar-refractivity contribution is -0.131. The van der Waals surface area contributed by atoms with Crippen molar-refractivity contribution in [2.75, 3.05) is 19.6 Å². The molecule has 1 amide bonds. The van der Waals surface area contributed by atoms with E-state index in [1.165, 1.54) is 25.7 Å². The molecule has 3 heteroatoms. The van der Waals surface area contributed by atoms with Crippen molar-refractivity contribution in [3.63, 3.8) is 0 Å². The van der Waals surface area contributed by atoms with E-state index in [-0.39, 0.29) is 5.91 Å². The van der Waals surface area contributed by atoms with Crippen molar-refractivity contribution < 1.29 is 4.79 Å². The first kappa shape index (κ1) is 13.5. The molecule has 16 heavy (non-hydrogen) atoms. The highest BCUT2D eigenvalue weighted by atomic mass is 16.2. The van der Waals surface area contributed by atoms with Gasteiger partial charge in [-0.1, -0.05) is 33.6 Å². The Morgan fingerprint density at radius 3 is 2.50 bits per heavy atom. The van der Waals surface area contributed by atoms with Gasteiger partial charge >= 0.3 is 0 Å². The molecule has 0 aromatic rings. The first-order valence-electron chi connectivity index (χ1n) is 6.64. The second-order valence-electron chi connectivity index (χ2n) is 5.15. The Bertz CT molecular complexity index is 208. The second-order valence-corrected chi connectivity index (χ2v) is 5.15. The molecule has 1 saturated heterocycles. The Balaban J connectivity index is 2.22. The van der Waals surface area contributed by atoms with Crippen LogP contribution in [-0.4, -0.2) is 36.5 Å². The summed E-state index contributed by atoms with van der Waals surface area (Å²) in [5, 5.41) is 3.19. The average molecular weight is 226 g/mol. The van der Waals surface area contributed by atoms with Gasteiger partial charge < -0.3 is 10.2 Å². The maximum Gasteiger partial charge on any atom is 0.236 e. The first-order valence-corrected chi connectivity index (χ1v) is 6.64. The molecule has 0 radical (unpaired) electrons. The van der Waals surface area contributed by atoms with Crippen LogP contribution in [-0.2, 0) is 4.79 Å². The molecule has 1 aliphatic heterocycles. The van der Waals surface area contributed by atoms with E-state index in [9.17, 15) is 4.79 Å². The number of hydrogen-bond acceptors (Lipinski definition) is 2. The predicted molar refractivity (Wildman–Crippen MR) is 67.4 cm³/mol. The Hall–Kier alpha value is -0.570. The molecule has 0 aromatic heterocycles. The highest BCUT2D eigenvalue weighted by molar-refractivity contribution is 5.78. The molecule has 1 rings (SSSR count). The minimum absolute atomic E-state index is 0.267. The van der Waals surface area contributed by atoms with E-state index in [1.54, 1.807) is 0 Å². The summed E-state index contributed by atoms with van der Waals surface area (Å²) in [6, 6.07) is 0.390. The van der Waals surface area contributed by atoms with E-state index in [1.807, 2.05) is 4.90 Å². The Morgan fingerprint density at radius 2 is 2.00 bits per heavy atom. The van der Waals surface area contributed by atoms with E-state index < -0.39 is 0 Å². The van der Waals surface area contributed by atoms with Gasteiger partial charge in [-0.15, -0.1) is 0 Å². The van der Waals surface area contributed by atoms with Crippen LogP contribution in [0.25, 0.3) is 0 Å². The van der Waals surface area contributed by atoms with Crippen LogP contribution in [0.2, 0.25) is 0 Å². The lowest BCUT2D eigenvalue weighted by Gasteiger charge is -2.32. The van der Waals surface area contributed by atoms with Gasteiger partial charge in [0.15, 0.2) is 0 Å².